The first-order chi connectivity index (χ1) is 8.40. The van der Waals surface area contributed by atoms with Crippen molar-refractivity contribution < 1.29 is 18.0 Å². The molecule has 1 amide bonds. The molecule has 100 valence electrons. The summed E-state index contributed by atoms with van der Waals surface area (Å²) in [5, 5.41) is 2.57. The molecule has 0 radical (unpaired) electrons. The van der Waals surface area contributed by atoms with Gasteiger partial charge in [-0.25, -0.2) is 0 Å². The zero-order valence-corrected chi connectivity index (χ0v) is 10.5. The van der Waals surface area contributed by atoms with Gasteiger partial charge in [-0.1, -0.05) is 12.1 Å². The van der Waals surface area contributed by atoms with E-state index in [4.69, 9.17) is 0 Å². The highest BCUT2D eigenvalue weighted by molar-refractivity contribution is 7.80. The normalized spacial score (nSPS) is 11.3. The Morgan fingerprint density at radius 1 is 1.22 bits per heavy atom. The average Bonchev–Trinajstić information content (AvgIpc) is 2.27. The number of amides is 1. The first kappa shape index (κ1) is 14.9. The van der Waals surface area contributed by atoms with Crippen LogP contribution in [0.4, 0.5) is 13.2 Å². The summed E-state index contributed by atoms with van der Waals surface area (Å²) in [6.07, 6.45) is -4.61. The van der Waals surface area contributed by atoms with E-state index in [1.165, 1.54) is 0 Å². The fourth-order valence-corrected chi connectivity index (χ4v) is 1.68. The molecule has 0 spiro atoms. The Bertz CT molecular complexity index is 407. The fourth-order valence-electron chi connectivity index (χ4n) is 1.41. The van der Waals surface area contributed by atoms with Gasteiger partial charge in [0.2, 0.25) is 0 Å². The molecule has 0 aliphatic heterocycles. The van der Waals surface area contributed by atoms with Crippen molar-refractivity contribution in [1.82, 2.24) is 5.32 Å². The van der Waals surface area contributed by atoms with Gasteiger partial charge in [-0.15, -0.1) is 12.6 Å². The monoisotopic (exact) mass is 277 g/mol. The van der Waals surface area contributed by atoms with Crippen LogP contribution >= 0.6 is 12.6 Å². The molecule has 1 aromatic carbocycles. The van der Waals surface area contributed by atoms with Crippen molar-refractivity contribution in [3.63, 3.8) is 0 Å². The molecule has 0 unspecified atom stereocenters. The quantitative estimate of drug-likeness (QED) is 0.626. The van der Waals surface area contributed by atoms with E-state index < -0.39 is 12.6 Å². The maximum Gasteiger partial charge on any atom is 0.389 e. The van der Waals surface area contributed by atoms with Gasteiger partial charge in [-0.2, -0.15) is 13.2 Å². The largest absolute Gasteiger partial charge is 0.389 e. The number of nitrogens with one attached hydrogen (secondary N) is 1. The predicted octanol–water partition coefficient (Wildman–Crippen LogP) is 3.44. The first-order valence-electron chi connectivity index (χ1n) is 5.53. The van der Waals surface area contributed by atoms with Crippen LogP contribution in [-0.2, 0) is 0 Å². The lowest BCUT2D eigenvalue weighted by molar-refractivity contribution is -0.135. The third kappa shape index (κ3) is 5.44. The van der Waals surface area contributed by atoms with Crippen LogP contribution in [0.2, 0.25) is 0 Å². The number of hydrogen-bond donors (Lipinski definition) is 2. The number of unbranched alkanes of at least 4 members (excludes halogenated alkanes) is 1. The molecular formula is C12H14F3NOS. The van der Waals surface area contributed by atoms with E-state index in [1.54, 1.807) is 24.3 Å². The molecule has 18 heavy (non-hydrogen) atoms. The van der Waals surface area contributed by atoms with Gasteiger partial charge in [0, 0.05) is 17.9 Å². The Morgan fingerprint density at radius 2 is 1.89 bits per heavy atom. The smallest absolute Gasteiger partial charge is 0.352 e. The highest BCUT2D eigenvalue weighted by Gasteiger charge is 2.25. The molecule has 0 aromatic heterocycles. The SMILES string of the molecule is O=C(NCCCCC(F)(F)F)c1ccccc1S. The number of carbonyl (C=O) groups is 1. The average molecular weight is 277 g/mol. The van der Waals surface area contributed by atoms with Crippen LogP contribution in [-0.4, -0.2) is 18.6 Å². The summed E-state index contributed by atoms with van der Waals surface area (Å²) < 4.78 is 35.6. The second-order valence-electron chi connectivity index (χ2n) is 3.85. The molecule has 0 fully saturated rings. The lowest BCUT2D eigenvalue weighted by Gasteiger charge is -2.08. The lowest BCUT2D eigenvalue weighted by Crippen LogP contribution is -2.25. The maximum absolute atomic E-state index is 11.9. The Kier molecular flexibility index (Phi) is 5.53. The molecule has 0 saturated carbocycles. The fraction of sp³-hybridized carbons (Fsp3) is 0.417. The Labute approximate surface area is 109 Å². The summed E-state index contributed by atoms with van der Waals surface area (Å²) in [4.78, 5) is 12.2. The lowest BCUT2D eigenvalue weighted by atomic mass is 10.2. The number of hydrogen-bond acceptors (Lipinski definition) is 2. The molecule has 1 N–H and O–H groups in total. The molecule has 0 atom stereocenters. The van der Waals surface area contributed by atoms with Crippen molar-refractivity contribution in [2.24, 2.45) is 0 Å². The Hall–Kier alpha value is -1.17. The summed E-state index contributed by atoms with van der Waals surface area (Å²) in [6, 6.07) is 6.76. The highest BCUT2D eigenvalue weighted by atomic mass is 32.1. The molecule has 2 nitrogen and oxygen atoms in total. The minimum Gasteiger partial charge on any atom is -0.352 e. The first-order valence-corrected chi connectivity index (χ1v) is 5.98. The number of benzene rings is 1. The Morgan fingerprint density at radius 3 is 2.50 bits per heavy atom. The van der Waals surface area contributed by atoms with E-state index in [9.17, 15) is 18.0 Å². The topological polar surface area (TPSA) is 29.1 Å². The van der Waals surface area contributed by atoms with E-state index in [-0.39, 0.29) is 18.9 Å². The molecule has 0 bridgehead atoms. The molecular weight excluding hydrogens is 263 g/mol. The Balaban J connectivity index is 2.28. The summed E-state index contributed by atoms with van der Waals surface area (Å²) in [5.41, 5.74) is 0.427. The van der Waals surface area contributed by atoms with Gasteiger partial charge in [-0.3, -0.25) is 4.79 Å². The van der Waals surface area contributed by atoms with E-state index in [2.05, 4.69) is 17.9 Å². The molecule has 0 aliphatic carbocycles. The summed E-state index contributed by atoms with van der Waals surface area (Å²) in [6.45, 7) is 0.233. The minimum atomic E-state index is -4.12. The minimum absolute atomic E-state index is 0.0201. The van der Waals surface area contributed by atoms with Crippen LogP contribution < -0.4 is 5.32 Å². The maximum atomic E-state index is 11.9. The van der Waals surface area contributed by atoms with Crippen LogP contribution in [0.5, 0.6) is 0 Å². The zero-order chi connectivity index (χ0) is 13.6. The van der Waals surface area contributed by atoms with Crippen LogP contribution in [0, 0.1) is 0 Å². The highest BCUT2D eigenvalue weighted by Crippen LogP contribution is 2.21. The van der Waals surface area contributed by atoms with Gasteiger partial charge in [0.1, 0.15) is 0 Å². The van der Waals surface area contributed by atoms with Crippen molar-refractivity contribution in [2.75, 3.05) is 6.54 Å². The second kappa shape index (κ2) is 6.68. The van der Waals surface area contributed by atoms with Crippen LogP contribution in [0.1, 0.15) is 29.6 Å². The van der Waals surface area contributed by atoms with Gasteiger partial charge >= 0.3 is 6.18 Å². The molecule has 1 rings (SSSR count). The van der Waals surface area contributed by atoms with Gasteiger partial charge in [-0.05, 0) is 25.0 Å². The summed E-state index contributed by atoms with van der Waals surface area (Å²) >= 11 is 4.13. The molecule has 0 heterocycles. The summed E-state index contributed by atoms with van der Waals surface area (Å²) in [7, 11) is 0. The molecule has 0 aliphatic rings. The van der Waals surface area contributed by atoms with Gasteiger partial charge < -0.3 is 5.32 Å². The molecule has 6 heteroatoms. The van der Waals surface area contributed by atoms with Crippen LogP contribution in [0.25, 0.3) is 0 Å². The second-order valence-corrected chi connectivity index (χ2v) is 4.33. The van der Waals surface area contributed by atoms with Crippen molar-refractivity contribution in [1.29, 1.82) is 0 Å². The molecule has 1 aromatic rings. The van der Waals surface area contributed by atoms with Crippen molar-refractivity contribution in [3.05, 3.63) is 29.8 Å². The van der Waals surface area contributed by atoms with Crippen molar-refractivity contribution >= 4 is 18.5 Å². The molecule has 0 saturated heterocycles. The number of carbonyl (C=O) groups excluding carboxylic acids is 1. The van der Waals surface area contributed by atoms with Crippen molar-refractivity contribution in [3.8, 4) is 0 Å². The van der Waals surface area contributed by atoms with Gasteiger partial charge in [0.25, 0.3) is 5.91 Å². The third-order valence-corrected chi connectivity index (χ3v) is 2.71. The number of rotatable bonds is 5. The third-order valence-electron chi connectivity index (χ3n) is 2.32. The number of alkyl halides is 3. The number of thiol groups is 1. The number of halogens is 3. The van der Waals surface area contributed by atoms with Gasteiger partial charge in [0.15, 0.2) is 0 Å². The van der Waals surface area contributed by atoms with Crippen molar-refractivity contribution in [2.45, 2.75) is 30.3 Å². The predicted molar refractivity (Wildman–Crippen MR) is 65.9 cm³/mol. The van der Waals surface area contributed by atoms with Crippen LogP contribution in [0.15, 0.2) is 29.2 Å². The van der Waals surface area contributed by atoms with Crippen LogP contribution in [0.3, 0.4) is 0 Å². The van der Waals surface area contributed by atoms with E-state index >= 15 is 0 Å². The van der Waals surface area contributed by atoms with E-state index in [0.717, 1.165) is 0 Å². The zero-order valence-electron chi connectivity index (χ0n) is 9.63. The van der Waals surface area contributed by atoms with E-state index in [1.807, 2.05) is 0 Å². The summed E-state index contributed by atoms with van der Waals surface area (Å²) in [5.74, 6) is -0.312. The van der Waals surface area contributed by atoms with E-state index in [0.29, 0.717) is 16.9 Å². The van der Waals surface area contributed by atoms with Gasteiger partial charge in [0.05, 0.1) is 5.56 Å². The standard InChI is InChI=1S/C12H14F3NOS/c13-12(14,15)7-3-4-8-16-11(17)9-5-1-2-6-10(9)18/h1-2,5-6,18H,3-4,7-8H2,(H,16,17).